The van der Waals surface area contributed by atoms with Crippen molar-refractivity contribution in [1.82, 2.24) is 9.97 Å². The molecule has 21 heavy (non-hydrogen) atoms. The van der Waals surface area contributed by atoms with Crippen LogP contribution >= 0.6 is 7.60 Å². The van der Waals surface area contributed by atoms with E-state index >= 15 is 0 Å². The van der Waals surface area contributed by atoms with E-state index in [0.717, 1.165) is 0 Å². The number of hydrogen-bond donors (Lipinski definition) is 6. The number of rotatable bonds is 6. The molecule has 8 N–H and O–H groups in total. The molecule has 2 atom stereocenters. The first-order valence-corrected chi connectivity index (χ1v) is 7.84. The third-order valence-electron chi connectivity index (χ3n) is 2.73. The maximum absolute atomic E-state index is 10.7. The van der Waals surface area contributed by atoms with Gasteiger partial charge in [0, 0.05) is 6.42 Å². The molecule has 1 fully saturated rings. The van der Waals surface area contributed by atoms with Gasteiger partial charge >= 0.3 is 7.60 Å². The number of ether oxygens (including phenoxy) is 2. The summed E-state index contributed by atoms with van der Waals surface area (Å²) >= 11 is 0. The van der Waals surface area contributed by atoms with Gasteiger partial charge in [0.1, 0.15) is 18.2 Å². The first-order chi connectivity index (χ1) is 9.89. The Kier molecular flexibility index (Phi) is 4.93. The third kappa shape index (κ3) is 4.49. The van der Waals surface area contributed by atoms with Crippen molar-refractivity contribution >= 4 is 24.9 Å². The number of aromatic nitrogens is 2. The minimum absolute atomic E-state index is 0.183. The van der Waals surface area contributed by atoms with Crippen LogP contribution in [0.25, 0.3) is 0 Å². The summed E-state index contributed by atoms with van der Waals surface area (Å²) in [6.45, 7) is 0. The molecule has 2 rings (SSSR count). The SMILES string of the molecule is NNc1c(N)ncnc1N[C@H]1CC[C@@H](OCP(=O)(O)O)O1. The van der Waals surface area contributed by atoms with Gasteiger partial charge in [-0.05, 0) is 6.42 Å². The molecule has 2 heterocycles. The molecule has 0 amide bonds. The van der Waals surface area contributed by atoms with E-state index in [9.17, 15) is 4.57 Å². The zero-order valence-corrected chi connectivity index (χ0v) is 11.9. The number of hydrogen-bond acceptors (Lipinski definition) is 9. The molecule has 0 spiro atoms. The lowest BCUT2D eigenvalue weighted by atomic mass is 10.3. The van der Waals surface area contributed by atoms with Crippen molar-refractivity contribution in [2.75, 3.05) is 22.8 Å². The van der Waals surface area contributed by atoms with Gasteiger partial charge in [-0.25, -0.2) is 9.97 Å². The number of nitrogen functional groups attached to an aromatic ring is 2. The molecule has 1 aromatic heterocycles. The first-order valence-electron chi connectivity index (χ1n) is 6.04. The molecule has 118 valence electrons. The number of nitrogens with one attached hydrogen (secondary N) is 2. The molecule has 12 heteroatoms. The summed E-state index contributed by atoms with van der Waals surface area (Å²) in [5.74, 6) is 5.90. The van der Waals surface area contributed by atoms with Gasteiger partial charge in [0.25, 0.3) is 0 Å². The highest BCUT2D eigenvalue weighted by Gasteiger charge is 2.28. The van der Waals surface area contributed by atoms with Crippen molar-refractivity contribution < 1.29 is 23.8 Å². The fraction of sp³-hybridized carbons (Fsp3) is 0.556. The second-order valence-electron chi connectivity index (χ2n) is 4.36. The predicted octanol–water partition coefficient (Wildman–Crippen LogP) is -0.629. The van der Waals surface area contributed by atoms with E-state index in [2.05, 4.69) is 20.7 Å². The van der Waals surface area contributed by atoms with Crippen LogP contribution in [0.5, 0.6) is 0 Å². The summed E-state index contributed by atoms with van der Waals surface area (Å²) < 4.78 is 21.2. The zero-order chi connectivity index (χ0) is 15.5. The van der Waals surface area contributed by atoms with E-state index < -0.39 is 26.5 Å². The van der Waals surface area contributed by atoms with E-state index in [1.807, 2.05) is 0 Å². The van der Waals surface area contributed by atoms with Gasteiger partial charge in [-0.1, -0.05) is 0 Å². The molecule has 0 bridgehead atoms. The monoisotopic (exact) mass is 320 g/mol. The van der Waals surface area contributed by atoms with Gasteiger partial charge in [-0.2, -0.15) is 0 Å². The highest BCUT2D eigenvalue weighted by Crippen LogP contribution is 2.36. The Morgan fingerprint density at radius 1 is 1.48 bits per heavy atom. The molecule has 0 aromatic carbocycles. The summed E-state index contributed by atoms with van der Waals surface area (Å²) in [6, 6.07) is 0. The normalized spacial score (nSPS) is 22.2. The zero-order valence-electron chi connectivity index (χ0n) is 11.0. The van der Waals surface area contributed by atoms with Gasteiger partial charge in [0.15, 0.2) is 24.3 Å². The maximum Gasteiger partial charge on any atom is 0.351 e. The highest BCUT2D eigenvalue weighted by atomic mass is 31.2. The molecule has 1 aliphatic heterocycles. The number of nitrogens with two attached hydrogens (primary N) is 2. The van der Waals surface area contributed by atoms with E-state index in [1.165, 1.54) is 6.33 Å². The lowest BCUT2D eigenvalue weighted by molar-refractivity contribution is -0.117. The summed E-state index contributed by atoms with van der Waals surface area (Å²) in [5.41, 5.74) is 8.37. The molecular weight excluding hydrogens is 303 g/mol. The van der Waals surface area contributed by atoms with Crippen molar-refractivity contribution in [2.24, 2.45) is 5.84 Å². The Balaban J connectivity index is 1.91. The van der Waals surface area contributed by atoms with Crippen LogP contribution in [0.15, 0.2) is 6.33 Å². The minimum atomic E-state index is -4.21. The van der Waals surface area contributed by atoms with Gasteiger partial charge in [0.05, 0.1) is 0 Å². The van der Waals surface area contributed by atoms with Gasteiger partial charge < -0.3 is 35.7 Å². The Labute approximate surface area is 120 Å². The third-order valence-corrected chi connectivity index (χ3v) is 3.21. The van der Waals surface area contributed by atoms with Crippen molar-refractivity contribution in [3.05, 3.63) is 6.33 Å². The molecule has 11 nitrogen and oxygen atoms in total. The van der Waals surface area contributed by atoms with E-state index in [-0.39, 0.29) is 5.82 Å². The van der Waals surface area contributed by atoms with Crippen LogP contribution in [0.3, 0.4) is 0 Å². The average Bonchev–Trinajstić information content (AvgIpc) is 2.84. The standard InChI is InChI=1S/C9H17N6O5P/c10-8-7(15-11)9(13-3-12-8)14-5-1-2-6(20-5)19-4-21(16,17)18/h3,5-6,15H,1-2,4,11H2,(H2,16,17,18)(H3,10,12,13,14)/t5-,6+/m1/s1. The Hall–Kier alpha value is -1.49. The maximum atomic E-state index is 10.7. The van der Waals surface area contributed by atoms with Crippen LogP contribution in [-0.4, -0.2) is 38.6 Å². The smallest absolute Gasteiger partial charge is 0.351 e. The Morgan fingerprint density at radius 3 is 2.90 bits per heavy atom. The van der Waals surface area contributed by atoms with E-state index in [0.29, 0.717) is 24.3 Å². The van der Waals surface area contributed by atoms with E-state index in [4.69, 9.17) is 30.8 Å². The quantitative estimate of drug-likeness (QED) is 0.223. The molecule has 1 aliphatic rings. The van der Waals surface area contributed by atoms with Crippen LogP contribution < -0.4 is 22.3 Å². The summed E-state index contributed by atoms with van der Waals surface area (Å²) in [6.07, 6.45) is 0.524. The fourth-order valence-corrected chi connectivity index (χ4v) is 2.18. The van der Waals surface area contributed by atoms with Gasteiger partial charge in [0.2, 0.25) is 0 Å². The van der Waals surface area contributed by atoms with E-state index in [1.54, 1.807) is 0 Å². The van der Waals surface area contributed by atoms with Gasteiger partial charge in [-0.15, -0.1) is 0 Å². The summed E-state index contributed by atoms with van der Waals surface area (Å²) in [5, 5.41) is 2.96. The summed E-state index contributed by atoms with van der Waals surface area (Å²) in [4.78, 5) is 25.3. The molecule has 0 unspecified atom stereocenters. The van der Waals surface area contributed by atoms with Crippen LogP contribution in [0.1, 0.15) is 12.8 Å². The second-order valence-corrected chi connectivity index (χ2v) is 5.95. The fourth-order valence-electron chi connectivity index (χ4n) is 1.82. The lowest BCUT2D eigenvalue weighted by Gasteiger charge is -2.18. The van der Waals surface area contributed by atoms with Crippen molar-refractivity contribution in [1.29, 1.82) is 0 Å². The minimum Gasteiger partial charge on any atom is -0.382 e. The largest absolute Gasteiger partial charge is 0.382 e. The van der Waals surface area contributed by atoms with Crippen LogP contribution in [0.4, 0.5) is 17.3 Å². The number of anilines is 3. The number of nitrogens with zero attached hydrogens (tertiary/aromatic N) is 2. The van der Waals surface area contributed by atoms with Crippen LogP contribution in [0.2, 0.25) is 0 Å². The van der Waals surface area contributed by atoms with Gasteiger partial charge in [-0.3, -0.25) is 10.4 Å². The molecule has 0 saturated carbocycles. The Morgan fingerprint density at radius 2 is 2.24 bits per heavy atom. The topological polar surface area (TPSA) is 178 Å². The molecule has 1 saturated heterocycles. The molecular formula is C9H17N6O5P. The molecule has 0 radical (unpaired) electrons. The highest BCUT2D eigenvalue weighted by molar-refractivity contribution is 7.51. The Bertz CT molecular complexity index is 539. The second kappa shape index (κ2) is 6.52. The van der Waals surface area contributed by atoms with Crippen molar-refractivity contribution in [3.63, 3.8) is 0 Å². The lowest BCUT2D eigenvalue weighted by Crippen LogP contribution is -2.24. The van der Waals surface area contributed by atoms with Crippen LogP contribution in [-0.2, 0) is 14.0 Å². The van der Waals surface area contributed by atoms with Crippen LogP contribution in [0, 0.1) is 0 Å². The molecule has 1 aromatic rings. The predicted molar refractivity (Wildman–Crippen MR) is 73.8 cm³/mol. The van der Waals surface area contributed by atoms with Crippen molar-refractivity contribution in [3.8, 4) is 0 Å². The average molecular weight is 320 g/mol. The first kappa shape index (κ1) is 15.9. The summed E-state index contributed by atoms with van der Waals surface area (Å²) in [7, 11) is -4.21. The molecule has 0 aliphatic carbocycles. The van der Waals surface area contributed by atoms with Crippen molar-refractivity contribution in [2.45, 2.75) is 25.4 Å². The number of hydrazine groups is 1.